The summed E-state index contributed by atoms with van der Waals surface area (Å²) in [5, 5.41) is 29.2. The molecule has 0 saturated heterocycles. The molecule has 0 amide bonds. The summed E-state index contributed by atoms with van der Waals surface area (Å²) in [7, 11) is 0. The van der Waals surface area contributed by atoms with E-state index in [0.717, 1.165) is 134 Å². The molecule has 0 aliphatic heterocycles. The van der Waals surface area contributed by atoms with Gasteiger partial charge in [-0.25, -0.2) is 0 Å². The van der Waals surface area contributed by atoms with Gasteiger partial charge >= 0.3 is 35.8 Å². The van der Waals surface area contributed by atoms with E-state index in [2.05, 4.69) is 41.2 Å². The third-order valence-corrected chi connectivity index (χ3v) is 22.4. The Kier molecular flexibility index (Phi) is 14.4. The molecule has 8 saturated carbocycles. The Morgan fingerprint density at radius 3 is 1.54 bits per heavy atom. The molecule has 8 aliphatic rings. The van der Waals surface area contributed by atoms with E-state index in [1.807, 2.05) is 0 Å². The van der Waals surface area contributed by atoms with Gasteiger partial charge in [-0.05, 0) is 170 Å². The average molecular weight is 963 g/mol. The number of aliphatic carboxylic acids is 3. The maximum absolute atomic E-state index is 13.9. The van der Waals surface area contributed by atoms with Crippen LogP contribution in [0.2, 0.25) is 0 Å². The van der Waals surface area contributed by atoms with Gasteiger partial charge in [0.15, 0.2) is 0 Å². The van der Waals surface area contributed by atoms with Crippen LogP contribution in [0, 0.1) is 72.9 Å². The van der Waals surface area contributed by atoms with Crippen LogP contribution < -0.4 is 0 Å². The average Bonchev–Trinajstić information content (AvgIpc) is 4.08. The van der Waals surface area contributed by atoms with Crippen LogP contribution in [0.3, 0.4) is 0 Å². The molecule has 0 spiro atoms. The van der Waals surface area contributed by atoms with Crippen LogP contribution in [0.15, 0.2) is 12.2 Å². The second kappa shape index (κ2) is 19.2. The van der Waals surface area contributed by atoms with Gasteiger partial charge < -0.3 is 29.5 Å². The minimum Gasteiger partial charge on any atom is -0.481 e. The van der Waals surface area contributed by atoms with E-state index in [9.17, 15) is 44.1 Å². The number of carboxylic acids is 3. The lowest BCUT2D eigenvalue weighted by Crippen LogP contribution is -2.67. The quantitative estimate of drug-likeness (QED) is 0.0670. The van der Waals surface area contributed by atoms with E-state index in [4.69, 9.17) is 14.2 Å². The molecule has 386 valence electrons. The number of fused-ring (bicyclic) bond motifs is 7. The molecule has 0 aromatic carbocycles. The highest BCUT2D eigenvalue weighted by molar-refractivity contribution is 5.75. The van der Waals surface area contributed by atoms with Crippen LogP contribution in [0.25, 0.3) is 0 Å². The zero-order valence-corrected chi connectivity index (χ0v) is 42.9. The molecule has 12 nitrogen and oxygen atoms in total. The smallest absolute Gasteiger partial charge is 0.306 e. The van der Waals surface area contributed by atoms with Gasteiger partial charge in [-0.2, -0.15) is 0 Å². The SMILES string of the molecule is C=C(COC(=O)CC1(CC(=O)O)CCCC1)[C@@H]1CC[C@]2(COC(=O)CC3(CC(=O)O)CCCC3)CC[C@]3(C)[C@H](CC[C@@H]4[C@@]5(C)CC[C@H](OC(=O)CC6(CC(=O)O)CCCC6)C(C)(C)[C@@H]5CC[C@]43C)[C@@H]12. The van der Waals surface area contributed by atoms with Crippen molar-refractivity contribution in [1.82, 2.24) is 0 Å². The molecule has 0 unspecified atom stereocenters. The number of rotatable bonds is 18. The molecule has 8 rings (SSSR count). The molecule has 12 heteroatoms. The maximum Gasteiger partial charge on any atom is 0.306 e. The fraction of sp³-hybridized carbons (Fsp3) is 0.860. The predicted octanol–water partition coefficient (Wildman–Crippen LogP) is 11.9. The molecule has 0 radical (unpaired) electrons. The largest absolute Gasteiger partial charge is 0.481 e. The zero-order valence-electron chi connectivity index (χ0n) is 42.9. The van der Waals surface area contributed by atoms with E-state index in [1.54, 1.807) is 0 Å². The van der Waals surface area contributed by atoms with Crippen molar-refractivity contribution >= 4 is 35.8 Å². The lowest BCUT2D eigenvalue weighted by atomic mass is 9.32. The molecule has 69 heavy (non-hydrogen) atoms. The fourth-order valence-electron chi connectivity index (χ4n) is 18.9. The van der Waals surface area contributed by atoms with Gasteiger partial charge in [0.2, 0.25) is 0 Å². The van der Waals surface area contributed by atoms with E-state index >= 15 is 0 Å². The Morgan fingerprint density at radius 1 is 0.507 bits per heavy atom. The molecule has 3 N–H and O–H groups in total. The number of ether oxygens (including phenoxy) is 3. The van der Waals surface area contributed by atoms with Crippen LogP contribution >= 0.6 is 0 Å². The van der Waals surface area contributed by atoms with Gasteiger partial charge in [0.25, 0.3) is 0 Å². The summed E-state index contributed by atoms with van der Waals surface area (Å²) in [6.45, 7) is 17.3. The summed E-state index contributed by atoms with van der Waals surface area (Å²) >= 11 is 0. The van der Waals surface area contributed by atoms with Gasteiger partial charge in [-0.3, -0.25) is 28.8 Å². The number of esters is 3. The Labute approximate surface area is 411 Å². The van der Waals surface area contributed by atoms with Gasteiger partial charge in [0.05, 0.1) is 45.1 Å². The molecule has 8 fully saturated rings. The zero-order chi connectivity index (χ0) is 49.8. The Morgan fingerprint density at radius 2 is 1.01 bits per heavy atom. The third-order valence-electron chi connectivity index (χ3n) is 22.4. The first-order chi connectivity index (χ1) is 32.4. The van der Waals surface area contributed by atoms with Crippen molar-refractivity contribution in [3.05, 3.63) is 12.2 Å². The van der Waals surface area contributed by atoms with Crippen molar-refractivity contribution in [3.63, 3.8) is 0 Å². The molecular formula is C57H86O12. The third kappa shape index (κ3) is 9.68. The highest BCUT2D eigenvalue weighted by atomic mass is 16.5. The van der Waals surface area contributed by atoms with E-state index in [0.29, 0.717) is 37.2 Å². The summed E-state index contributed by atoms with van der Waals surface area (Å²) in [5.74, 6) is -2.25. The Balaban J connectivity index is 1.01. The molecule has 8 aliphatic carbocycles. The molecule has 0 aromatic rings. The van der Waals surface area contributed by atoms with Crippen molar-refractivity contribution in [2.75, 3.05) is 13.2 Å². The van der Waals surface area contributed by atoms with Gasteiger partial charge in [0.1, 0.15) is 12.7 Å². The molecule has 0 aromatic heterocycles. The second-order valence-electron chi connectivity index (χ2n) is 26.4. The predicted molar refractivity (Wildman–Crippen MR) is 258 cm³/mol. The van der Waals surface area contributed by atoms with Crippen LogP contribution in [0.1, 0.15) is 214 Å². The first kappa shape index (κ1) is 51.9. The van der Waals surface area contributed by atoms with Crippen molar-refractivity contribution in [2.24, 2.45) is 72.9 Å². The van der Waals surface area contributed by atoms with Crippen LogP contribution in [0.4, 0.5) is 0 Å². The Hall–Kier alpha value is -3.44. The number of hydrogen-bond donors (Lipinski definition) is 3. The summed E-state index contributed by atoms with van der Waals surface area (Å²) in [4.78, 5) is 76.8. The van der Waals surface area contributed by atoms with Crippen molar-refractivity contribution in [2.45, 2.75) is 221 Å². The minimum absolute atomic E-state index is 0.00164. The fourth-order valence-corrected chi connectivity index (χ4v) is 18.9. The van der Waals surface area contributed by atoms with E-state index in [1.165, 1.54) is 0 Å². The van der Waals surface area contributed by atoms with Gasteiger partial charge in [0, 0.05) is 10.8 Å². The number of carbonyl (C=O) groups excluding carboxylic acids is 3. The molecule has 0 heterocycles. The first-order valence-corrected chi connectivity index (χ1v) is 27.3. The monoisotopic (exact) mass is 963 g/mol. The molecule has 10 atom stereocenters. The van der Waals surface area contributed by atoms with Crippen LogP contribution in [-0.4, -0.2) is 70.5 Å². The standard InChI is InChI=1S/C57H86O12/c1-37(35-67-46(64)32-54(29-43(58)59)18-7-8-19-54)38-15-26-57(36-68-47(65)33-55(30-44(60)61)20-9-10-21-55)28-27-52(5)39(49(38)57)13-14-41-51(4)24-17-42(50(2,3)40(51)16-25-53(41,52)6)69-48(66)34-56(31-45(62)63)22-11-12-23-56/h38-42,49H,1,7-36H2,2-6H3,(H,58,59)(H,60,61)(H,62,63)/t38-,39+,40-,41+,42-,49+,51-,52+,53+,57+/m0/s1. The number of carbonyl (C=O) groups is 6. The highest BCUT2D eigenvalue weighted by Gasteiger charge is 2.71. The lowest BCUT2D eigenvalue weighted by molar-refractivity contribution is -0.252. The Bertz CT molecular complexity index is 2000. The summed E-state index contributed by atoms with van der Waals surface area (Å²) in [6.07, 6.45) is 19.6. The maximum atomic E-state index is 13.9. The van der Waals surface area contributed by atoms with Crippen molar-refractivity contribution in [3.8, 4) is 0 Å². The highest BCUT2D eigenvalue weighted by Crippen LogP contribution is 2.78. The number of hydrogen-bond acceptors (Lipinski definition) is 9. The van der Waals surface area contributed by atoms with Crippen LogP contribution in [0.5, 0.6) is 0 Å². The summed E-state index contributed by atoms with van der Waals surface area (Å²) in [6, 6.07) is 0. The first-order valence-electron chi connectivity index (χ1n) is 27.3. The number of carboxylic acid groups (broad SMARTS) is 3. The van der Waals surface area contributed by atoms with E-state index in [-0.39, 0.29) is 108 Å². The van der Waals surface area contributed by atoms with Crippen LogP contribution in [-0.2, 0) is 43.0 Å². The normalized spacial score (nSPS) is 37.8. The summed E-state index contributed by atoms with van der Waals surface area (Å²) in [5.41, 5.74) is -1.32. The van der Waals surface area contributed by atoms with Gasteiger partial charge in [-0.1, -0.05) is 79.7 Å². The molecular weight excluding hydrogens is 877 g/mol. The summed E-state index contributed by atoms with van der Waals surface area (Å²) < 4.78 is 18.9. The lowest BCUT2D eigenvalue weighted by Gasteiger charge is -2.73. The second-order valence-corrected chi connectivity index (χ2v) is 26.4. The van der Waals surface area contributed by atoms with Gasteiger partial charge in [-0.15, -0.1) is 0 Å². The van der Waals surface area contributed by atoms with E-state index < -0.39 is 34.2 Å². The molecule has 0 bridgehead atoms. The topological polar surface area (TPSA) is 191 Å². The van der Waals surface area contributed by atoms with Crippen molar-refractivity contribution < 1.29 is 58.3 Å². The van der Waals surface area contributed by atoms with Crippen molar-refractivity contribution in [1.29, 1.82) is 0 Å². The minimum atomic E-state index is -0.885.